The monoisotopic (exact) mass is 321 g/mol. The van der Waals surface area contributed by atoms with Gasteiger partial charge in [-0.25, -0.2) is 0 Å². The van der Waals surface area contributed by atoms with Crippen LogP contribution in [0.3, 0.4) is 0 Å². The maximum absolute atomic E-state index is 4.78. The van der Waals surface area contributed by atoms with Gasteiger partial charge in [-0.2, -0.15) is 0 Å². The fraction of sp³-hybridized carbons (Fsp3) is 0.750. The molecule has 0 saturated heterocycles. The lowest BCUT2D eigenvalue weighted by Crippen LogP contribution is -2.10. The van der Waals surface area contributed by atoms with Crippen LogP contribution in [0.4, 0.5) is 0 Å². The average Bonchev–Trinajstić information content (AvgIpc) is 2.53. The lowest BCUT2D eigenvalue weighted by molar-refractivity contribution is 0.516. The molecule has 0 aromatic rings. The van der Waals surface area contributed by atoms with E-state index < -0.39 is 0 Å². The molecule has 0 spiro atoms. The smallest absolute Gasteiger partial charge is 0.0428 e. The van der Waals surface area contributed by atoms with E-state index in [4.69, 9.17) is 4.99 Å². The molecule has 0 radical (unpaired) electrons. The molecule has 0 atom stereocenters. The van der Waals surface area contributed by atoms with Crippen molar-refractivity contribution >= 4 is 17.5 Å². The second-order valence-electron chi connectivity index (χ2n) is 6.28. The molecule has 2 heteroatoms. The summed E-state index contributed by atoms with van der Waals surface area (Å²) in [6.45, 7) is 11.6. The molecular weight excluding hydrogens is 286 g/mol. The van der Waals surface area contributed by atoms with E-state index >= 15 is 0 Å². The Kier molecular flexibility index (Phi) is 10.7. The minimum Gasteiger partial charge on any atom is -0.289 e. The summed E-state index contributed by atoms with van der Waals surface area (Å²) in [5.74, 6) is 0. The molecule has 0 bridgehead atoms. The highest BCUT2D eigenvalue weighted by Gasteiger charge is 2.16. The number of hydrogen-bond acceptors (Lipinski definition) is 2. The zero-order valence-electron chi connectivity index (χ0n) is 15.0. The minimum atomic E-state index is 0.812. The molecule has 1 aliphatic carbocycles. The van der Waals surface area contributed by atoms with Crippen LogP contribution in [0.1, 0.15) is 85.0 Å². The van der Waals surface area contributed by atoms with Crippen molar-refractivity contribution in [1.29, 1.82) is 0 Å². The van der Waals surface area contributed by atoms with Crippen LogP contribution in [-0.4, -0.2) is 17.5 Å². The van der Waals surface area contributed by atoms with Gasteiger partial charge in [-0.05, 0) is 44.4 Å². The van der Waals surface area contributed by atoms with Crippen LogP contribution in [0, 0.1) is 0 Å². The summed E-state index contributed by atoms with van der Waals surface area (Å²) in [4.78, 5) is 6.22. The largest absolute Gasteiger partial charge is 0.289 e. The van der Waals surface area contributed by atoms with Crippen LogP contribution < -0.4 is 0 Å². The number of hydrogen-bond donors (Lipinski definition) is 0. The zero-order valence-corrected chi connectivity index (χ0v) is 15.8. The fourth-order valence-corrected chi connectivity index (χ4v) is 4.57. The lowest BCUT2D eigenvalue weighted by atomic mass is 10.0. The Morgan fingerprint density at radius 1 is 1.14 bits per heavy atom. The highest BCUT2D eigenvalue weighted by atomic mass is 32.2. The van der Waals surface area contributed by atoms with E-state index in [1.54, 1.807) is 0 Å². The Labute approximate surface area is 142 Å². The molecule has 0 N–H and O–H groups in total. The summed E-state index contributed by atoms with van der Waals surface area (Å²) < 4.78 is 0. The van der Waals surface area contributed by atoms with Crippen molar-refractivity contribution in [2.75, 3.05) is 6.54 Å². The molecule has 1 saturated carbocycles. The molecule has 0 amide bonds. The molecule has 1 aliphatic rings. The van der Waals surface area contributed by atoms with E-state index in [2.05, 4.69) is 39.1 Å². The van der Waals surface area contributed by atoms with E-state index in [9.17, 15) is 0 Å². The van der Waals surface area contributed by atoms with Crippen LogP contribution in [0.25, 0.3) is 0 Å². The van der Waals surface area contributed by atoms with Crippen LogP contribution in [0.2, 0.25) is 0 Å². The summed E-state index contributed by atoms with van der Waals surface area (Å²) in [6.07, 6.45) is 15.3. The summed E-state index contributed by atoms with van der Waals surface area (Å²) in [5, 5.41) is 0.812. The van der Waals surface area contributed by atoms with Gasteiger partial charge in [0.05, 0.1) is 0 Å². The number of aliphatic imine (C=N–C) groups is 1. The van der Waals surface area contributed by atoms with E-state index in [0.717, 1.165) is 18.2 Å². The third-order valence-electron chi connectivity index (χ3n) is 4.41. The SMILES string of the molecule is C=C/C(C(CCCCCC)=NCC)=C(/C)SC1CCCCC1. The Hall–Kier alpha value is -0.500. The number of allylic oxidation sites excluding steroid dienone is 3. The van der Waals surface area contributed by atoms with E-state index in [1.807, 2.05) is 6.08 Å². The average molecular weight is 322 g/mol. The molecule has 0 heterocycles. The summed E-state index contributed by atoms with van der Waals surface area (Å²) in [5.41, 5.74) is 2.60. The number of rotatable bonds is 10. The van der Waals surface area contributed by atoms with E-state index in [-0.39, 0.29) is 0 Å². The van der Waals surface area contributed by atoms with Crippen molar-refractivity contribution in [3.8, 4) is 0 Å². The molecule has 126 valence electrons. The first-order chi connectivity index (χ1) is 10.7. The summed E-state index contributed by atoms with van der Waals surface area (Å²) in [6, 6.07) is 0. The van der Waals surface area contributed by atoms with E-state index in [0.29, 0.717) is 0 Å². The molecule has 0 unspecified atom stereocenters. The molecule has 1 rings (SSSR count). The maximum atomic E-state index is 4.78. The second kappa shape index (κ2) is 12.0. The Balaban J connectivity index is 2.70. The number of nitrogens with zero attached hydrogens (tertiary/aromatic N) is 1. The molecule has 0 aromatic heterocycles. The second-order valence-corrected chi connectivity index (χ2v) is 7.80. The van der Waals surface area contributed by atoms with Crippen molar-refractivity contribution in [3.63, 3.8) is 0 Å². The molecule has 0 aromatic carbocycles. The topological polar surface area (TPSA) is 12.4 Å². The highest BCUT2D eigenvalue weighted by molar-refractivity contribution is 8.03. The normalized spacial score (nSPS) is 18.2. The lowest BCUT2D eigenvalue weighted by Gasteiger charge is -2.22. The third-order valence-corrected chi connectivity index (χ3v) is 5.78. The molecule has 0 aliphatic heterocycles. The Morgan fingerprint density at radius 3 is 2.45 bits per heavy atom. The van der Waals surface area contributed by atoms with Gasteiger partial charge in [-0.15, -0.1) is 11.8 Å². The Morgan fingerprint density at radius 2 is 1.86 bits per heavy atom. The van der Waals surface area contributed by atoms with Crippen molar-refractivity contribution in [3.05, 3.63) is 23.1 Å². The van der Waals surface area contributed by atoms with Crippen molar-refractivity contribution in [2.24, 2.45) is 4.99 Å². The molecule has 1 nitrogen and oxygen atoms in total. The van der Waals surface area contributed by atoms with Gasteiger partial charge in [0, 0.05) is 23.1 Å². The fourth-order valence-electron chi connectivity index (χ4n) is 3.17. The first-order valence-electron chi connectivity index (χ1n) is 9.26. The predicted molar refractivity (Wildman–Crippen MR) is 104 cm³/mol. The van der Waals surface area contributed by atoms with Crippen LogP contribution >= 0.6 is 11.8 Å². The van der Waals surface area contributed by atoms with Crippen molar-refractivity contribution in [1.82, 2.24) is 0 Å². The maximum Gasteiger partial charge on any atom is 0.0428 e. The predicted octanol–water partition coefficient (Wildman–Crippen LogP) is 6.94. The van der Waals surface area contributed by atoms with Crippen LogP contribution in [0.15, 0.2) is 28.1 Å². The van der Waals surface area contributed by atoms with Crippen molar-refractivity contribution < 1.29 is 0 Å². The molecule has 1 fully saturated rings. The van der Waals surface area contributed by atoms with Gasteiger partial charge in [0.1, 0.15) is 0 Å². The van der Waals surface area contributed by atoms with Gasteiger partial charge in [0.25, 0.3) is 0 Å². The molecular formula is C20H35NS. The van der Waals surface area contributed by atoms with E-state index in [1.165, 1.54) is 74.0 Å². The van der Waals surface area contributed by atoms with Gasteiger partial charge in [0.2, 0.25) is 0 Å². The summed E-state index contributed by atoms with van der Waals surface area (Å²) >= 11 is 2.08. The standard InChI is InChI=1S/C20H35NS/c1-5-8-9-13-16-20(21-7-3)19(6-2)17(4)22-18-14-11-10-12-15-18/h6,18H,2,5,7-16H2,1,3-4H3/b19-17+,21-20?. The zero-order chi connectivity index (χ0) is 16.2. The van der Waals surface area contributed by atoms with Crippen molar-refractivity contribution in [2.45, 2.75) is 90.2 Å². The highest BCUT2D eigenvalue weighted by Crippen LogP contribution is 2.35. The van der Waals surface area contributed by atoms with Gasteiger partial charge in [-0.3, -0.25) is 4.99 Å². The quantitative estimate of drug-likeness (QED) is 0.241. The minimum absolute atomic E-state index is 0.812. The van der Waals surface area contributed by atoms with Crippen LogP contribution in [0.5, 0.6) is 0 Å². The van der Waals surface area contributed by atoms with Gasteiger partial charge >= 0.3 is 0 Å². The number of unbranched alkanes of at least 4 members (excludes halogenated alkanes) is 3. The van der Waals surface area contributed by atoms with Gasteiger partial charge < -0.3 is 0 Å². The third kappa shape index (κ3) is 7.17. The first-order valence-corrected chi connectivity index (χ1v) is 10.1. The molecule has 22 heavy (non-hydrogen) atoms. The van der Waals surface area contributed by atoms with Gasteiger partial charge in [0.15, 0.2) is 0 Å². The van der Waals surface area contributed by atoms with Gasteiger partial charge in [-0.1, -0.05) is 58.1 Å². The van der Waals surface area contributed by atoms with Crippen LogP contribution in [-0.2, 0) is 0 Å². The Bertz CT molecular complexity index is 375. The summed E-state index contributed by atoms with van der Waals surface area (Å²) in [7, 11) is 0. The number of thioether (sulfide) groups is 1. The first kappa shape index (κ1) is 19.5.